The van der Waals surface area contributed by atoms with Gasteiger partial charge in [-0.3, -0.25) is 30.0 Å². The highest BCUT2D eigenvalue weighted by Gasteiger charge is 2.45. The van der Waals surface area contributed by atoms with Gasteiger partial charge in [0, 0.05) is 24.5 Å². The van der Waals surface area contributed by atoms with Gasteiger partial charge in [-0.2, -0.15) is 0 Å². The Morgan fingerprint density at radius 2 is 1.30 bits per heavy atom. The molecule has 1 unspecified atom stereocenters. The van der Waals surface area contributed by atoms with Gasteiger partial charge in [-0.25, -0.2) is 0 Å². The van der Waals surface area contributed by atoms with Crippen molar-refractivity contribution in [3.63, 3.8) is 0 Å². The van der Waals surface area contributed by atoms with Gasteiger partial charge < -0.3 is 26.2 Å². The molecular weight excluding hydrogens is 314 g/mol. The Bertz CT molecular complexity index is 413. The molecule has 132 valence electrons. The normalized spacial score (nSPS) is 12.6. The quantitative estimate of drug-likeness (QED) is 0.149. The first-order chi connectivity index (χ1) is 10.6. The second kappa shape index (κ2) is 9.71. The van der Waals surface area contributed by atoms with E-state index in [-0.39, 0.29) is 13.1 Å². The van der Waals surface area contributed by atoms with Crippen molar-refractivity contribution in [2.45, 2.75) is 31.7 Å². The van der Waals surface area contributed by atoms with E-state index in [2.05, 4.69) is 10.9 Å². The summed E-state index contributed by atoms with van der Waals surface area (Å²) in [6.45, 7) is 0.371. The maximum Gasteiger partial charge on any atom is 0.305 e. The molecule has 0 bridgehead atoms. The molecule has 0 aromatic rings. The number of nitrogens with one attached hydrogen (secondary N) is 2. The van der Waals surface area contributed by atoms with E-state index in [0.29, 0.717) is 0 Å². The molecule has 0 aliphatic heterocycles. The van der Waals surface area contributed by atoms with Crippen LogP contribution in [0.5, 0.6) is 0 Å². The molecule has 0 amide bonds. The number of hydrogen-bond donors (Lipinski definition) is 7. The molecule has 0 spiro atoms. The Kier molecular flexibility index (Phi) is 8.77. The SMILES string of the molecule is NCCNNC(CC(=O)O)C(CC(=O)O)(CC(=O)O)CC(=O)O. The van der Waals surface area contributed by atoms with Gasteiger partial charge in [-0.05, 0) is 0 Å². The molecule has 11 nitrogen and oxygen atoms in total. The monoisotopic (exact) mass is 335 g/mol. The first-order valence-corrected chi connectivity index (χ1v) is 6.68. The number of carboxylic acids is 4. The molecule has 0 rings (SSSR count). The van der Waals surface area contributed by atoms with E-state index in [1.165, 1.54) is 0 Å². The standard InChI is InChI=1S/C12H21N3O8/c13-1-2-14-15-7(3-8(16)17)12(4-9(18)19,5-10(20)21)6-11(22)23/h7,14-15H,1-6,13H2,(H,16,17)(H,18,19)(H,20,21)(H,22,23). The van der Waals surface area contributed by atoms with Crippen molar-refractivity contribution in [1.29, 1.82) is 0 Å². The topological polar surface area (TPSA) is 199 Å². The van der Waals surface area contributed by atoms with Crippen LogP contribution in [0.4, 0.5) is 0 Å². The van der Waals surface area contributed by atoms with Gasteiger partial charge in [-0.1, -0.05) is 0 Å². The van der Waals surface area contributed by atoms with Crippen molar-refractivity contribution in [2.24, 2.45) is 11.1 Å². The Hall–Kier alpha value is -2.24. The average molecular weight is 335 g/mol. The molecule has 0 aliphatic carbocycles. The highest BCUT2D eigenvalue weighted by molar-refractivity contribution is 5.77. The van der Waals surface area contributed by atoms with Gasteiger partial charge in [0.1, 0.15) is 0 Å². The van der Waals surface area contributed by atoms with Gasteiger partial charge in [0.15, 0.2) is 0 Å². The molecule has 8 N–H and O–H groups in total. The van der Waals surface area contributed by atoms with E-state index < -0.39 is 61.0 Å². The van der Waals surface area contributed by atoms with Gasteiger partial charge >= 0.3 is 23.9 Å². The molecular formula is C12H21N3O8. The zero-order valence-corrected chi connectivity index (χ0v) is 12.3. The van der Waals surface area contributed by atoms with Gasteiger partial charge in [0.2, 0.25) is 0 Å². The largest absolute Gasteiger partial charge is 0.481 e. The van der Waals surface area contributed by atoms with Crippen LogP contribution in [-0.2, 0) is 19.2 Å². The lowest BCUT2D eigenvalue weighted by atomic mass is 9.71. The van der Waals surface area contributed by atoms with E-state index in [9.17, 15) is 19.2 Å². The fourth-order valence-electron chi connectivity index (χ4n) is 2.32. The molecule has 0 heterocycles. The third-order valence-electron chi connectivity index (χ3n) is 3.17. The second-order valence-corrected chi connectivity index (χ2v) is 5.08. The summed E-state index contributed by atoms with van der Waals surface area (Å²) < 4.78 is 0. The predicted octanol–water partition coefficient (Wildman–Crippen LogP) is -1.71. The third-order valence-corrected chi connectivity index (χ3v) is 3.17. The lowest BCUT2D eigenvalue weighted by molar-refractivity contribution is -0.152. The first-order valence-electron chi connectivity index (χ1n) is 6.68. The highest BCUT2D eigenvalue weighted by atomic mass is 16.4. The zero-order chi connectivity index (χ0) is 18.0. The Labute approximate surface area is 131 Å². The van der Waals surface area contributed by atoms with Crippen molar-refractivity contribution in [1.82, 2.24) is 10.9 Å². The van der Waals surface area contributed by atoms with Crippen LogP contribution in [0.1, 0.15) is 25.7 Å². The van der Waals surface area contributed by atoms with Crippen molar-refractivity contribution >= 4 is 23.9 Å². The molecule has 0 aromatic carbocycles. The maximum absolute atomic E-state index is 11.1. The fraction of sp³-hybridized carbons (Fsp3) is 0.667. The minimum atomic E-state index is -1.83. The summed E-state index contributed by atoms with van der Waals surface area (Å²) in [5, 5.41) is 36.1. The minimum absolute atomic E-state index is 0.177. The summed E-state index contributed by atoms with van der Waals surface area (Å²) >= 11 is 0. The van der Waals surface area contributed by atoms with Gasteiger partial charge in [0.25, 0.3) is 0 Å². The van der Waals surface area contributed by atoms with Crippen LogP contribution in [-0.4, -0.2) is 63.4 Å². The number of carbonyl (C=O) groups is 4. The maximum atomic E-state index is 11.1. The molecule has 23 heavy (non-hydrogen) atoms. The zero-order valence-electron chi connectivity index (χ0n) is 12.3. The summed E-state index contributed by atoms with van der Waals surface area (Å²) in [4.78, 5) is 44.3. The van der Waals surface area contributed by atoms with E-state index in [1.807, 2.05) is 0 Å². The summed E-state index contributed by atoms with van der Waals surface area (Å²) in [5.41, 5.74) is 8.49. The van der Waals surface area contributed by atoms with Crippen molar-refractivity contribution in [2.75, 3.05) is 13.1 Å². The van der Waals surface area contributed by atoms with E-state index in [4.69, 9.17) is 26.2 Å². The number of hydrogen-bond acceptors (Lipinski definition) is 7. The Morgan fingerprint density at radius 1 is 0.870 bits per heavy atom. The number of rotatable bonds is 13. The molecule has 1 atom stereocenters. The van der Waals surface area contributed by atoms with Crippen LogP contribution in [0.3, 0.4) is 0 Å². The van der Waals surface area contributed by atoms with Crippen LogP contribution in [0.15, 0.2) is 0 Å². The van der Waals surface area contributed by atoms with Crippen LogP contribution >= 0.6 is 0 Å². The summed E-state index contributed by atoms with van der Waals surface area (Å²) in [5.74, 6) is -5.61. The number of nitrogens with two attached hydrogens (primary N) is 1. The second-order valence-electron chi connectivity index (χ2n) is 5.08. The predicted molar refractivity (Wildman–Crippen MR) is 75.4 cm³/mol. The summed E-state index contributed by atoms with van der Waals surface area (Å²) in [7, 11) is 0. The molecule has 11 heteroatoms. The van der Waals surface area contributed by atoms with Gasteiger partial charge in [-0.15, -0.1) is 0 Å². The van der Waals surface area contributed by atoms with Crippen LogP contribution < -0.4 is 16.6 Å². The number of hydrazine groups is 1. The molecule has 0 saturated heterocycles. The van der Waals surface area contributed by atoms with Gasteiger partial charge in [0.05, 0.1) is 25.7 Å². The molecule has 0 aromatic heterocycles. The van der Waals surface area contributed by atoms with Crippen molar-refractivity contribution < 1.29 is 39.6 Å². The van der Waals surface area contributed by atoms with Crippen LogP contribution in [0, 0.1) is 5.41 Å². The Balaban J connectivity index is 5.68. The molecule has 0 saturated carbocycles. The molecule has 0 radical (unpaired) electrons. The smallest absolute Gasteiger partial charge is 0.305 e. The summed E-state index contributed by atoms with van der Waals surface area (Å²) in [6, 6.07) is -1.24. The van der Waals surface area contributed by atoms with E-state index in [1.54, 1.807) is 0 Å². The highest BCUT2D eigenvalue weighted by Crippen LogP contribution is 2.37. The molecule has 0 fully saturated rings. The Morgan fingerprint density at radius 3 is 1.61 bits per heavy atom. The van der Waals surface area contributed by atoms with Crippen molar-refractivity contribution in [3.8, 4) is 0 Å². The lowest BCUT2D eigenvalue weighted by Crippen LogP contribution is -2.55. The molecule has 0 aliphatic rings. The fourth-order valence-corrected chi connectivity index (χ4v) is 2.32. The number of aliphatic carboxylic acids is 4. The summed E-state index contributed by atoms with van der Waals surface area (Å²) in [6.07, 6.45) is -3.12. The van der Waals surface area contributed by atoms with Crippen LogP contribution in [0.2, 0.25) is 0 Å². The third kappa shape index (κ3) is 8.09. The first kappa shape index (κ1) is 20.8. The van der Waals surface area contributed by atoms with Crippen molar-refractivity contribution in [3.05, 3.63) is 0 Å². The average Bonchev–Trinajstić information content (AvgIpc) is 2.34. The van der Waals surface area contributed by atoms with Crippen LogP contribution in [0.25, 0.3) is 0 Å². The minimum Gasteiger partial charge on any atom is -0.481 e. The van der Waals surface area contributed by atoms with E-state index in [0.717, 1.165) is 0 Å². The van der Waals surface area contributed by atoms with E-state index >= 15 is 0 Å². The lowest BCUT2D eigenvalue weighted by Gasteiger charge is -2.37. The number of carboxylic acid groups (broad SMARTS) is 4.